The Morgan fingerprint density at radius 1 is 1.24 bits per heavy atom. The summed E-state index contributed by atoms with van der Waals surface area (Å²) in [5, 5.41) is 3.15. The van der Waals surface area contributed by atoms with E-state index in [1.54, 1.807) is 6.07 Å². The molecule has 1 aromatic heterocycles. The van der Waals surface area contributed by atoms with Gasteiger partial charge in [-0.1, -0.05) is 37.3 Å². The molecule has 1 fully saturated rings. The topological polar surface area (TPSA) is 54.9 Å². The van der Waals surface area contributed by atoms with Gasteiger partial charge in [-0.2, -0.15) is 0 Å². The molecule has 0 bridgehead atoms. The van der Waals surface area contributed by atoms with E-state index in [9.17, 15) is 4.79 Å². The minimum atomic E-state index is 0.0571. The fourth-order valence-corrected chi connectivity index (χ4v) is 2.32. The molecule has 1 heterocycles. The van der Waals surface area contributed by atoms with Gasteiger partial charge in [0.05, 0.1) is 0 Å². The molecule has 0 atom stereocenters. The number of amides is 1. The lowest BCUT2D eigenvalue weighted by Gasteiger charge is -2.13. The van der Waals surface area contributed by atoms with Crippen molar-refractivity contribution in [2.75, 3.05) is 5.32 Å². The molecule has 0 aromatic carbocycles. The molecule has 1 aliphatic rings. The monoisotopic (exact) mass is 253 g/mol. The highest BCUT2D eigenvalue weighted by Crippen LogP contribution is 2.24. The second-order valence-corrected chi connectivity index (χ2v) is 4.79. The quantitative estimate of drug-likeness (QED) is 0.651. The van der Waals surface area contributed by atoms with Gasteiger partial charge in [0.25, 0.3) is 0 Å². The van der Waals surface area contributed by atoms with Crippen LogP contribution < -0.4 is 5.32 Å². The van der Waals surface area contributed by atoms with E-state index < -0.39 is 0 Å². The molecule has 1 aromatic rings. The molecule has 0 saturated heterocycles. The van der Waals surface area contributed by atoms with Gasteiger partial charge in [-0.25, -0.2) is 9.97 Å². The van der Waals surface area contributed by atoms with E-state index in [1.807, 2.05) is 0 Å². The number of hydrogen-bond acceptors (Lipinski definition) is 3. The van der Waals surface area contributed by atoms with Crippen LogP contribution in [0.3, 0.4) is 0 Å². The number of rotatable bonds is 2. The predicted molar refractivity (Wildman–Crippen MR) is 66.9 cm³/mol. The fourth-order valence-electron chi connectivity index (χ4n) is 2.17. The summed E-state index contributed by atoms with van der Waals surface area (Å²) in [7, 11) is 0. The van der Waals surface area contributed by atoms with E-state index in [4.69, 9.17) is 11.6 Å². The highest BCUT2D eigenvalue weighted by Gasteiger charge is 2.20. The lowest BCUT2D eigenvalue weighted by Crippen LogP contribution is -2.22. The standard InChI is InChI=1S/C12H16ClN3O/c13-10-7-11(15-8-14-10)16-12(17)9-5-3-1-2-4-6-9/h7-9H,1-6H2,(H,14,15,16,17). The second-order valence-electron chi connectivity index (χ2n) is 4.40. The molecule has 1 amide bonds. The van der Waals surface area contributed by atoms with Crippen molar-refractivity contribution in [2.24, 2.45) is 5.92 Å². The summed E-state index contributed by atoms with van der Waals surface area (Å²) < 4.78 is 0. The van der Waals surface area contributed by atoms with Crippen LogP contribution in [0.25, 0.3) is 0 Å². The van der Waals surface area contributed by atoms with Gasteiger partial charge in [-0.15, -0.1) is 0 Å². The van der Waals surface area contributed by atoms with Crippen LogP contribution >= 0.6 is 11.6 Å². The van der Waals surface area contributed by atoms with Crippen molar-refractivity contribution in [1.29, 1.82) is 0 Å². The zero-order valence-electron chi connectivity index (χ0n) is 9.66. The molecule has 17 heavy (non-hydrogen) atoms. The van der Waals surface area contributed by atoms with Gasteiger partial charge in [0, 0.05) is 12.0 Å². The Bertz CT molecular complexity index is 389. The predicted octanol–water partition coefficient (Wildman–Crippen LogP) is 3.04. The van der Waals surface area contributed by atoms with Gasteiger partial charge in [0.2, 0.25) is 5.91 Å². The van der Waals surface area contributed by atoms with Crippen LogP contribution in [-0.4, -0.2) is 15.9 Å². The van der Waals surface area contributed by atoms with E-state index in [-0.39, 0.29) is 11.8 Å². The number of hydrogen-bond donors (Lipinski definition) is 1. The Kier molecular flexibility index (Phi) is 4.31. The van der Waals surface area contributed by atoms with E-state index in [1.165, 1.54) is 19.2 Å². The Hall–Kier alpha value is -1.16. The highest BCUT2D eigenvalue weighted by molar-refractivity contribution is 6.29. The molecule has 0 unspecified atom stereocenters. The maximum Gasteiger partial charge on any atom is 0.228 e. The first-order chi connectivity index (χ1) is 8.25. The molecule has 4 nitrogen and oxygen atoms in total. The largest absolute Gasteiger partial charge is 0.310 e. The van der Waals surface area contributed by atoms with Crippen molar-refractivity contribution < 1.29 is 4.79 Å². The zero-order chi connectivity index (χ0) is 12.1. The molecule has 0 radical (unpaired) electrons. The number of anilines is 1. The van der Waals surface area contributed by atoms with Crippen molar-refractivity contribution in [2.45, 2.75) is 38.5 Å². The maximum absolute atomic E-state index is 12.0. The number of aromatic nitrogens is 2. The summed E-state index contributed by atoms with van der Waals surface area (Å²) in [6.07, 6.45) is 8.07. The number of nitrogens with one attached hydrogen (secondary N) is 1. The van der Waals surface area contributed by atoms with Crippen LogP contribution in [0, 0.1) is 5.92 Å². The smallest absolute Gasteiger partial charge is 0.228 e. The third-order valence-corrected chi connectivity index (χ3v) is 3.32. The first-order valence-electron chi connectivity index (χ1n) is 6.04. The number of nitrogens with zero attached hydrogens (tertiary/aromatic N) is 2. The Morgan fingerprint density at radius 2 is 1.94 bits per heavy atom. The van der Waals surface area contributed by atoms with Gasteiger partial charge in [0.1, 0.15) is 17.3 Å². The number of carbonyl (C=O) groups is 1. The minimum absolute atomic E-state index is 0.0571. The summed E-state index contributed by atoms with van der Waals surface area (Å²) in [5.74, 6) is 0.659. The third kappa shape index (κ3) is 3.66. The molecule has 5 heteroatoms. The van der Waals surface area contributed by atoms with Crippen LogP contribution in [0.5, 0.6) is 0 Å². The SMILES string of the molecule is O=C(Nc1cc(Cl)ncn1)C1CCCCCC1. The molecular weight excluding hydrogens is 238 g/mol. The van der Waals surface area contributed by atoms with Crippen LogP contribution in [0.4, 0.5) is 5.82 Å². The van der Waals surface area contributed by atoms with Crippen LogP contribution in [-0.2, 0) is 4.79 Å². The van der Waals surface area contributed by atoms with Gasteiger partial charge in [0.15, 0.2) is 0 Å². The lowest BCUT2D eigenvalue weighted by molar-refractivity contribution is -0.120. The maximum atomic E-state index is 12.0. The summed E-state index contributed by atoms with van der Waals surface area (Å²) in [5.41, 5.74) is 0. The van der Waals surface area contributed by atoms with Gasteiger partial charge < -0.3 is 5.32 Å². The summed E-state index contributed by atoms with van der Waals surface area (Å²) in [4.78, 5) is 19.8. The first-order valence-corrected chi connectivity index (χ1v) is 6.42. The zero-order valence-corrected chi connectivity index (χ0v) is 10.4. The average Bonchev–Trinajstić information content (AvgIpc) is 2.57. The summed E-state index contributed by atoms with van der Waals surface area (Å²) in [6, 6.07) is 1.57. The Balaban J connectivity index is 1.95. The Labute approximate surface area is 106 Å². The lowest BCUT2D eigenvalue weighted by atomic mass is 9.99. The van der Waals surface area contributed by atoms with Crippen molar-refractivity contribution in [1.82, 2.24) is 9.97 Å². The van der Waals surface area contributed by atoms with Crippen molar-refractivity contribution >= 4 is 23.3 Å². The highest BCUT2D eigenvalue weighted by atomic mass is 35.5. The summed E-state index contributed by atoms with van der Waals surface area (Å²) in [6.45, 7) is 0. The fraction of sp³-hybridized carbons (Fsp3) is 0.583. The average molecular weight is 254 g/mol. The van der Waals surface area contributed by atoms with E-state index in [0.717, 1.165) is 25.7 Å². The van der Waals surface area contributed by atoms with E-state index in [2.05, 4.69) is 15.3 Å². The van der Waals surface area contributed by atoms with Crippen molar-refractivity contribution in [3.63, 3.8) is 0 Å². The molecule has 1 saturated carbocycles. The van der Waals surface area contributed by atoms with Gasteiger partial charge >= 0.3 is 0 Å². The molecule has 92 valence electrons. The Morgan fingerprint density at radius 3 is 2.59 bits per heavy atom. The van der Waals surface area contributed by atoms with Gasteiger partial charge in [-0.3, -0.25) is 4.79 Å². The first kappa shape index (κ1) is 12.3. The van der Waals surface area contributed by atoms with Crippen molar-refractivity contribution in [3.8, 4) is 0 Å². The van der Waals surface area contributed by atoms with Crippen molar-refractivity contribution in [3.05, 3.63) is 17.5 Å². The second kappa shape index (κ2) is 5.96. The minimum Gasteiger partial charge on any atom is -0.310 e. The van der Waals surface area contributed by atoms with E-state index >= 15 is 0 Å². The van der Waals surface area contributed by atoms with Crippen LogP contribution in [0.1, 0.15) is 38.5 Å². The molecule has 0 spiro atoms. The molecular formula is C12H16ClN3O. The van der Waals surface area contributed by atoms with Crippen LogP contribution in [0.15, 0.2) is 12.4 Å². The third-order valence-electron chi connectivity index (χ3n) is 3.11. The normalized spacial score (nSPS) is 17.5. The summed E-state index contributed by atoms with van der Waals surface area (Å²) >= 11 is 5.74. The van der Waals surface area contributed by atoms with Gasteiger partial charge in [-0.05, 0) is 12.8 Å². The molecule has 0 aliphatic heterocycles. The van der Waals surface area contributed by atoms with E-state index in [0.29, 0.717) is 11.0 Å². The molecule has 2 rings (SSSR count). The number of carbonyl (C=O) groups excluding carboxylic acids is 1. The number of halogens is 1. The molecule has 1 aliphatic carbocycles. The molecule has 1 N–H and O–H groups in total. The van der Waals surface area contributed by atoms with Crippen LogP contribution in [0.2, 0.25) is 5.15 Å².